The van der Waals surface area contributed by atoms with Crippen LogP contribution in [-0.2, 0) is 15.1 Å². The van der Waals surface area contributed by atoms with Crippen LogP contribution in [0.5, 0.6) is 0 Å². The van der Waals surface area contributed by atoms with Crippen LogP contribution in [0.25, 0.3) is 10.8 Å². The molecule has 1 heterocycles. The molecule has 146 valence electrons. The van der Waals surface area contributed by atoms with Crippen LogP contribution in [0.2, 0.25) is 0 Å². The molecule has 6 nitrogen and oxygen atoms in total. The lowest BCUT2D eigenvalue weighted by atomic mass is 9.90. The highest BCUT2D eigenvalue weighted by molar-refractivity contribution is 6.09. The summed E-state index contributed by atoms with van der Waals surface area (Å²) in [5, 5.41) is 7.81. The standard InChI is InChI=1S/C22H25N3O3/c1-22(17-12-11-15-7-5-6-8-16(15)13-17)20(27)25(21(28)24-22)14-19(26)23-18-9-3-2-4-10-18/h5-8,11-13,18H,2-4,9-10,14H2,1H3,(H,23,26)(H,24,28). The van der Waals surface area contributed by atoms with Gasteiger partial charge in [-0.3, -0.25) is 14.5 Å². The SMILES string of the molecule is CC1(c2ccc3ccccc3c2)NC(=O)N(CC(=O)NC2CCCCC2)C1=O. The molecule has 1 atom stereocenters. The Kier molecular flexibility index (Phi) is 4.79. The third kappa shape index (κ3) is 3.35. The van der Waals surface area contributed by atoms with E-state index in [9.17, 15) is 14.4 Å². The molecule has 0 bridgehead atoms. The summed E-state index contributed by atoms with van der Waals surface area (Å²) in [5.74, 6) is -0.676. The Bertz CT molecular complexity index is 936. The van der Waals surface area contributed by atoms with Crippen molar-refractivity contribution in [3.8, 4) is 0 Å². The third-order valence-corrected chi connectivity index (χ3v) is 5.87. The van der Waals surface area contributed by atoms with Gasteiger partial charge in [-0.1, -0.05) is 55.7 Å². The molecule has 1 saturated carbocycles. The van der Waals surface area contributed by atoms with Crippen LogP contribution in [0, 0.1) is 0 Å². The quantitative estimate of drug-likeness (QED) is 0.802. The molecule has 2 aromatic rings. The average Bonchev–Trinajstić information content (AvgIpc) is 2.92. The Balaban J connectivity index is 1.51. The van der Waals surface area contributed by atoms with Crippen molar-refractivity contribution in [1.29, 1.82) is 0 Å². The van der Waals surface area contributed by atoms with Gasteiger partial charge in [0, 0.05) is 6.04 Å². The highest BCUT2D eigenvalue weighted by Gasteiger charge is 2.49. The second-order valence-electron chi connectivity index (χ2n) is 7.91. The van der Waals surface area contributed by atoms with E-state index < -0.39 is 17.5 Å². The van der Waals surface area contributed by atoms with E-state index in [0.29, 0.717) is 5.56 Å². The van der Waals surface area contributed by atoms with E-state index in [1.54, 1.807) is 6.92 Å². The average molecular weight is 379 g/mol. The zero-order chi connectivity index (χ0) is 19.7. The Morgan fingerprint density at radius 3 is 2.57 bits per heavy atom. The first-order valence-electron chi connectivity index (χ1n) is 9.90. The molecule has 2 aliphatic rings. The van der Waals surface area contributed by atoms with Gasteiger partial charge >= 0.3 is 6.03 Å². The van der Waals surface area contributed by atoms with Crippen molar-refractivity contribution in [3.63, 3.8) is 0 Å². The fourth-order valence-corrected chi connectivity index (χ4v) is 4.20. The largest absolute Gasteiger partial charge is 0.352 e. The molecule has 2 fully saturated rings. The van der Waals surface area contributed by atoms with Gasteiger partial charge < -0.3 is 10.6 Å². The molecular weight excluding hydrogens is 354 g/mol. The number of nitrogens with zero attached hydrogens (tertiary/aromatic N) is 1. The number of carbonyl (C=O) groups is 3. The number of fused-ring (bicyclic) bond motifs is 1. The molecule has 0 spiro atoms. The van der Waals surface area contributed by atoms with Gasteiger partial charge in [0.2, 0.25) is 5.91 Å². The summed E-state index contributed by atoms with van der Waals surface area (Å²) >= 11 is 0. The highest BCUT2D eigenvalue weighted by Crippen LogP contribution is 2.31. The van der Waals surface area contributed by atoms with Crippen molar-refractivity contribution >= 4 is 28.6 Å². The van der Waals surface area contributed by atoms with Crippen molar-refractivity contribution in [2.75, 3.05) is 6.54 Å². The lowest BCUT2D eigenvalue weighted by Crippen LogP contribution is -2.45. The van der Waals surface area contributed by atoms with Gasteiger partial charge in [-0.25, -0.2) is 4.79 Å². The monoisotopic (exact) mass is 379 g/mol. The molecule has 1 unspecified atom stereocenters. The van der Waals surface area contributed by atoms with E-state index >= 15 is 0 Å². The predicted molar refractivity (Wildman–Crippen MR) is 107 cm³/mol. The van der Waals surface area contributed by atoms with Gasteiger partial charge in [-0.2, -0.15) is 0 Å². The zero-order valence-electron chi connectivity index (χ0n) is 16.0. The third-order valence-electron chi connectivity index (χ3n) is 5.87. The predicted octanol–water partition coefficient (Wildman–Crippen LogP) is 3.06. The van der Waals surface area contributed by atoms with Gasteiger partial charge in [0.25, 0.3) is 5.91 Å². The first-order valence-corrected chi connectivity index (χ1v) is 9.90. The van der Waals surface area contributed by atoms with Crippen molar-refractivity contribution in [1.82, 2.24) is 15.5 Å². The molecule has 4 rings (SSSR count). The maximum absolute atomic E-state index is 13.1. The minimum Gasteiger partial charge on any atom is -0.352 e. The minimum atomic E-state index is -1.17. The normalized spacial score (nSPS) is 23.1. The molecule has 2 N–H and O–H groups in total. The maximum Gasteiger partial charge on any atom is 0.325 e. The van der Waals surface area contributed by atoms with Gasteiger partial charge in [0.05, 0.1) is 0 Å². The summed E-state index contributed by atoms with van der Waals surface area (Å²) < 4.78 is 0. The number of hydrogen-bond acceptors (Lipinski definition) is 3. The molecule has 1 aliphatic carbocycles. The Morgan fingerprint density at radius 2 is 1.82 bits per heavy atom. The van der Waals surface area contributed by atoms with Crippen LogP contribution in [-0.4, -0.2) is 35.3 Å². The highest BCUT2D eigenvalue weighted by atomic mass is 16.2. The number of urea groups is 1. The molecule has 6 heteroatoms. The summed E-state index contributed by atoms with van der Waals surface area (Å²) in [5.41, 5.74) is -0.466. The first kappa shape index (κ1) is 18.5. The number of benzene rings is 2. The summed E-state index contributed by atoms with van der Waals surface area (Å²) in [7, 11) is 0. The molecule has 28 heavy (non-hydrogen) atoms. The number of imide groups is 1. The van der Waals surface area contributed by atoms with Crippen LogP contribution in [0.1, 0.15) is 44.6 Å². The Hall–Kier alpha value is -2.89. The van der Waals surface area contributed by atoms with E-state index in [0.717, 1.165) is 41.4 Å². The number of amides is 4. The number of carbonyl (C=O) groups excluding carboxylic acids is 3. The summed E-state index contributed by atoms with van der Waals surface area (Å²) in [4.78, 5) is 39.0. The zero-order valence-corrected chi connectivity index (χ0v) is 16.0. The van der Waals surface area contributed by atoms with Crippen molar-refractivity contribution in [2.24, 2.45) is 0 Å². The van der Waals surface area contributed by atoms with Crippen LogP contribution in [0.4, 0.5) is 4.79 Å². The molecule has 1 saturated heterocycles. The summed E-state index contributed by atoms with van der Waals surface area (Å²) in [6.07, 6.45) is 5.33. The van der Waals surface area contributed by atoms with Gasteiger partial charge in [-0.15, -0.1) is 0 Å². The van der Waals surface area contributed by atoms with E-state index in [1.165, 1.54) is 6.42 Å². The minimum absolute atomic E-state index is 0.147. The molecule has 0 radical (unpaired) electrons. The van der Waals surface area contributed by atoms with Crippen LogP contribution in [0.15, 0.2) is 42.5 Å². The van der Waals surface area contributed by atoms with E-state index in [-0.39, 0.29) is 18.5 Å². The van der Waals surface area contributed by atoms with Crippen LogP contribution in [0.3, 0.4) is 0 Å². The molecule has 2 aromatic carbocycles. The fraction of sp³-hybridized carbons (Fsp3) is 0.409. The van der Waals surface area contributed by atoms with Crippen molar-refractivity contribution < 1.29 is 14.4 Å². The maximum atomic E-state index is 13.1. The molecule has 4 amide bonds. The first-order chi connectivity index (χ1) is 13.5. The van der Waals surface area contributed by atoms with Crippen molar-refractivity contribution in [2.45, 2.75) is 50.6 Å². The second-order valence-corrected chi connectivity index (χ2v) is 7.91. The van der Waals surface area contributed by atoms with Gasteiger partial charge in [-0.05, 0) is 42.2 Å². The molecule has 1 aliphatic heterocycles. The lowest BCUT2D eigenvalue weighted by molar-refractivity contribution is -0.135. The van der Waals surface area contributed by atoms with E-state index in [2.05, 4.69) is 10.6 Å². The van der Waals surface area contributed by atoms with E-state index in [1.807, 2.05) is 42.5 Å². The number of rotatable bonds is 4. The van der Waals surface area contributed by atoms with E-state index in [4.69, 9.17) is 0 Å². The lowest BCUT2D eigenvalue weighted by Gasteiger charge is -2.24. The van der Waals surface area contributed by atoms with Crippen LogP contribution >= 0.6 is 0 Å². The summed E-state index contributed by atoms with van der Waals surface area (Å²) in [6.45, 7) is 1.45. The molecular formula is C22H25N3O3. The van der Waals surface area contributed by atoms with Gasteiger partial charge in [0.15, 0.2) is 0 Å². The second kappa shape index (κ2) is 7.26. The Morgan fingerprint density at radius 1 is 1.11 bits per heavy atom. The summed E-state index contributed by atoms with van der Waals surface area (Å²) in [6, 6.07) is 13.2. The topological polar surface area (TPSA) is 78.5 Å². The number of nitrogens with one attached hydrogen (secondary N) is 2. The van der Waals surface area contributed by atoms with Gasteiger partial charge in [0.1, 0.15) is 12.1 Å². The fourth-order valence-electron chi connectivity index (χ4n) is 4.20. The number of hydrogen-bond donors (Lipinski definition) is 2. The Labute approximate surface area is 164 Å². The van der Waals surface area contributed by atoms with Crippen LogP contribution < -0.4 is 10.6 Å². The van der Waals surface area contributed by atoms with Crippen molar-refractivity contribution in [3.05, 3.63) is 48.0 Å². The molecule has 0 aromatic heterocycles. The smallest absolute Gasteiger partial charge is 0.325 e.